The van der Waals surface area contributed by atoms with Gasteiger partial charge >= 0.3 is 5.97 Å². The van der Waals surface area contributed by atoms with Gasteiger partial charge in [0, 0.05) is 18.5 Å². The molecule has 0 spiro atoms. The number of carboxylic acid groups (broad SMARTS) is 1. The zero-order chi connectivity index (χ0) is 12.4. The number of hydrogen-bond donors (Lipinski definition) is 1. The number of aliphatic carboxylic acids is 1. The van der Waals surface area contributed by atoms with E-state index < -0.39 is 17.6 Å². The van der Waals surface area contributed by atoms with Crippen molar-refractivity contribution in [1.29, 1.82) is 0 Å². The van der Waals surface area contributed by atoms with Gasteiger partial charge in [-0.15, -0.1) is 0 Å². The molecule has 7 heteroatoms. The quantitative estimate of drug-likeness (QED) is 0.811. The fourth-order valence-corrected chi connectivity index (χ4v) is 1.33. The highest BCUT2D eigenvalue weighted by molar-refractivity contribution is 5.71. The molecule has 2 aromatic heterocycles. The molecule has 0 bridgehead atoms. The van der Waals surface area contributed by atoms with Crippen LogP contribution in [0.3, 0.4) is 0 Å². The Balaban J connectivity index is 2.50. The van der Waals surface area contributed by atoms with Crippen LogP contribution in [-0.2, 0) is 4.79 Å². The monoisotopic (exact) mass is 234 g/mol. The number of imidazole rings is 1. The first-order valence-electron chi connectivity index (χ1n) is 4.90. The molecule has 0 saturated heterocycles. The summed E-state index contributed by atoms with van der Waals surface area (Å²) < 4.78 is 2.52. The Labute approximate surface area is 96.0 Å². The molecule has 0 fully saturated rings. The maximum atomic E-state index is 11.5. The van der Waals surface area contributed by atoms with Crippen molar-refractivity contribution in [3.63, 3.8) is 0 Å². The van der Waals surface area contributed by atoms with Crippen molar-refractivity contribution in [2.75, 3.05) is 0 Å². The van der Waals surface area contributed by atoms with E-state index in [9.17, 15) is 9.59 Å². The standard InChI is InChI=1S/C10H10N4O3/c1-7(10(16)17)14-9(15)3-2-8(12-14)13-5-4-11-6-13/h2-7H,1H3,(H,16,17). The molecule has 2 aromatic rings. The van der Waals surface area contributed by atoms with Crippen molar-refractivity contribution in [3.8, 4) is 5.82 Å². The molecule has 0 amide bonds. The maximum Gasteiger partial charge on any atom is 0.328 e. The predicted molar refractivity (Wildman–Crippen MR) is 58.0 cm³/mol. The molecule has 0 aliphatic heterocycles. The van der Waals surface area contributed by atoms with E-state index in [2.05, 4.69) is 10.1 Å². The Bertz CT molecular complexity index is 588. The van der Waals surface area contributed by atoms with Crippen LogP contribution in [-0.4, -0.2) is 30.4 Å². The average molecular weight is 234 g/mol. The van der Waals surface area contributed by atoms with Crippen LogP contribution >= 0.6 is 0 Å². The van der Waals surface area contributed by atoms with Gasteiger partial charge < -0.3 is 5.11 Å². The topological polar surface area (TPSA) is 90.0 Å². The first-order valence-corrected chi connectivity index (χ1v) is 4.90. The summed E-state index contributed by atoms with van der Waals surface area (Å²) in [5, 5.41) is 12.8. The number of nitrogens with zero attached hydrogens (tertiary/aromatic N) is 4. The summed E-state index contributed by atoms with van der Waals surface area (Å²) in [6.45, 7) is 1.40. The number of rotatable bonds is 3. The minimum Gasteiger partial charge on any atom is -0.480 e. The summed E-state index contributed by atoms with van der Waals surface area (Å²) in [4.78, 5) is 26.2. The van der Waals surface area contributed by atoms with Crippen molar-refractivity contribution >= 4 is 5.97 Å². The third-order valence-corrected chi connectivity index (χ3v) is 2.30. The fourth-order valence-electron chi connectivity index (χ4n) is 1.33. The van der Waals surface area contributed by atoms with E-state index in [0.29, 0.717) is 5.82 Å². The molecular formula is C10H10N4O3. The van der Waals surface area contributed by atoms with Crippen LogP contribution in [0.5, 0.6) is 0 Å². The van der Waals surface area contributed by atoms with Crippen LogP contribution in [0.15, 0.2) is 35.6 Å². The van der Waals surface area contributed by atoms with Gasteiger partial charge in [0.15, 0.2) is 11.9 Å². The van der Waals surface area contributed by atoms with Gasteiger partial charge in [-0.1, -0.05) is 0 Å². The molecule has 2 heterocycles. The third kappa shape index (κ3) is 2.07. The molecule has 1 N–H and O–H groups in total. The van der Waals surface area contributed by atoms with Crippen molar-refractivity contribution in [3.05, 3.63) is 41.2 Å². The van der Waals surface area contributed by atoms with E-state index in [-0.39, 0.29) is 0 Å². The first-order chi connectivity index (χ1) is 8.09. The highest BCUT2D eigenvalue weighted by atomic mass is 16.4. The van der Waals surface area contributed by atoms with Crippen molar-refractivity contribution in [2.45, 2.75) is 13.0 Å². The number of carboxylic acids is 1. The van der Waals surface area contributed by atoms with E-state index in [0.717, 1.165) is 4.68 Å². The molecule has 2 rings (SSSR count). The Hall–Kier alpha value is -2.44. The maximum absolute atomic E-state index is 11.5. The van der Waals surface area contributed by atoms with E-state index >= 15 is 0 Å². The average Bonchev–Trinajstić information content (AvgIpc) is 2.82. The fraction of sp³-hybridized carbons (Fsp3) is 0.200. The molecule has 0 aliphatic rings. The highest BCUT2D eigenvalue weighted by Gasteiger charge is 2.16. The summed E-state index contributed by atoms with van der Waals surface area (Å²) in [6.07, 6.45) is 4.74. The molecule has 0 saturated carbocycles. The Morgan fingerprint density at radius 2 is 2.24 bits per heavy atom. The number of hydrogen-bond acceptors (Lipinski definition) is 4. The molecule has 88 valence electrons. The normalized spacial score (nSPS) is 12.3. The largest absolute Gasteiger partial charge is 0.480 e. The van der Waals surface area contributed by atoms with Gasteiger partial charge in [0.2, 0.25) is 0 Å². The summed E-state index contributed by atoms with van der Waals surface area (Å²) in [5.74, 6) is -0.669. The van der Waals surface area contributed by atoms with Gasteiger partial charge in [0.25, 0.3) is 5.56 Å². The Kier molecular flexibility index (Phi) is 2.73. The van der Waals surface area contributed by atoms with E-state index in [4.69, 9.17) is 5.11 Å². The van der Waals surface area contributed by atoms with Gasteiger partial charge in [-0.05, 0) is 13.0 Å². The van der Waals surface area contributed by atoms with Gasteiger partial charge in [-0.2, -0.15) is 5.10 Å². The number of aromatic nitrogens is 4. The Morgan fingerprint density at radius 1 is 1.47 bits per heavy atom. The smallest absolute Gasteiger partial charge is 0.328 e. The van der Waals surface area contributed by atoms with Gasteiger partial charge in [0.1, 0.15) is 6.33 Å². The zero-order valence-electron chi connectivity index (χ0n) is 9.02. The third-order valence-electron chi connectivity index (χ3n) is 2.30. The van der Waals surface area contributed by atoms with Crippen LogP contribution in [0.1, 0.15) is 13.0 Å². The molecule has 17 heavy (non-hydrogen) atoms. The minimum atomic E-state index is -1.11. The second kappa shape index (κ2) is 4.20. The van der Waals surface area contributed by atoms with Gasteiger partial charge in [0.05, 0.1) is 0 Å². The second-order valence-electron chi connectivity index (χ2n) is 3.46. The van der Waals surface area contributed by atoms with E-state index in [1.54, 1.807) is 17.0 Å². The van der Waals surface area contributed by atoms with Crippen molar-refractivity contribution < 1.29 is 9.90 Å². The molecular weight excluding hydrogens is 224 g/mol. The van der Waals surface area contributed by atoms with Crippen LogP contribution < -0.4 is 5.56 Å². The van der Waals surface area contributed by atoms with Crippen LogP contribution in [0.25, 0.3) is 5.82 Å². The summed E-state index contributed by atoms with van der Waals surface area (Å²) in [7, 11) is 0. The second-order valence-corrected chi connectivity index (χ2v) is 3.46. The Morgan fingerprint density at radius 3 is 2.82 bits per heavy atom. The lowest BCUT2D eigenvalue weighted by Crippen LogP contribution is -2.30. The van der Waals surface area contributed by atoms with Crippen LogP contribution in [0.4, 0.5) is 0 Å². The highest BCUT2D eigenvalue weighted by Crippen LogP contribution is 2.04. The molecule has 0 radical (unpaired) electrons. The van der Waals surface area contributed by atoms with E-state index in [1.807, 2.05) is 0 Å². The predicted octanol–water partition coefficient (Wildman–Crippen LogP) is 0.0746. The van der Waals surface area contributed by atoms with Gasteiger partial charge in [-0.3, -0.25) is 9.36 Å². The number of carbonyl (C=O) groups is 1. The summed E-state index contributed by atoms with van der Waals surface area (Å²) in [5.41, 5.74) is -0.455. The first kappa shape index (κ1) is 11.1. The van der Waals surface area contributed by atoms with Crippen LogP contribution in [0, 0.1) is 0 Å². The lowest BCUT2D eigenvalue weighted by Gasteiger charge is -2.10. The lowest BCUT2D eigenvalue weighted by molar-refractivity contribution is -0.140. The van der Waals surface area contributed by atoms with Gasteiger partial charge in [-0.25, -0.2) is 14.5 Å². The van der Waals surface area contributed by atoms with Crippen LogP contribution in [0.2, 0.25) is 0 Å². The lowest BCUT2D eigenvalue weighted by atomic mass is 10.3. The summed E-state index contributed by atoms with van der Waals surface area (Å²) >= 11 is 0. The van der Waals surface area contributed by atoms with Crippen molar-refractivity contribution in [2.24, 2.45) is 0 Å². The molecule has 1 unspecified atom stereocenters. The zero-order valence-corrected chi connectivity index (χ0v) is 9.02. The molecule has 1 atom stereocenters. The minimum absolute atomic E-state index is 0.440. The molecule has 0 aliphatic carbocycles. The molecule has 0 aromatic carbocycles. The SMILES string of the molecule is CC(C(=O)O)n1nc(-n2ccnc2)ccc1=O. The molecule has 7 nitrogen and oxygen atoms in total. The van der Waals surface area contributed by atoms with Crippen molar-refractivity contribution in [1.82, 2.24) is 19.3 Å². The summed E-state index contributed by atoms with van der Waals surface area (Å²) in [6, 6.07) is 1.78. The van der Waals surface area contributed by atoms with E-state index in [1.165, 1.54) is 25.4 Å².